The molecule has 0 fully saturated rings. The smallest absolute Gasteiger partial charge is 0.335 e. The SMILES string of the molecule is O=C(O)c1ccc(C=C2C(=O)c3ccccc3C2=O)cc1. The van der Waals surface area contributed by atoms with E-state index >= 15 is 0 Å². The van der Waals surface area contributed by atoms with Crippen LogP contribution in [-0.4, -0.2) is 22.6 Å². The van der Waals surface area contributed by atoms with Gasteiger partial charge in [0.15, 0.2) is 11.6 Å². The predicted molar refractivity (Wildman–Crippen MR) is 76.5 cm³/mol. The second-order valence-corrected chi connectivity index (χ2v) is 4.69. The largest absolute Gasteiger partial charge is 0.478 e. The van der Waals surface area contributed by atoms with E-state index in [4.69, 9.17) is 5.11 Å². The van der Waals surface area contributed by atoms with Crippen molar-refractivity contribution in [2.75, 3.05) is 0 Å². The standard InChI is InChI=1S/C17H10O4/c18-15-12-3-1-2-4-13(12)16(19)14(15)9-10-5-7-11(8-6-10)17(20)21/h1-9H,(H,20,21). The molecule has 0 heterocycles. The number of fused-ring (bicyclic) bond motifs is 1. The summed E-state index contributed by atoms with van der Waals surface area (Å²) in [5, 5.41) is 8.84. The van der Waals surface area contributed by atoms with Crippen molar-refractivity contribution >= 4 is 23.6 Å². The van der Waals surface area contributed by atoms with Crippen LogP contribution in [0.4, 0.5) is 0 Å². The number of carbonyl (C=O) groups is 3. The molecule has 0 amide bonds. The van der Waals surface area contributed by atoms with Crippen molar-refractivity contribution in [2.24, 2.45) is 0 Å². The van der Waals surface area contributed by atoms with Crippen LogP contribution in [0.1, 0.15) is 36.6 Å². The summed E-state index contributed by atoms with van der Waals surface area (Å²) >= 11 is 0. The monoisotopic (exact) mass is 278 g/mol. The number of carbonyl (C=O) groups excluding carboxylic acids is 2. The fourth-order valence-corrected chi connectivity index (χ4v) is 2.29. The Morgan fingerprint density at radius 2 is 1.38 bits per heavy atom. The number of rotatable bonds is 2. The number of carboxylic acids is 1. The van der Waals surface area contributed by atoms with Crippen molar-refractivity contribution in [2.45, 2.75) is 0 Å². The Balaban J connectivity index is 2.00. The number of carboxylic acid groups (broad SMARTS) is 1. The van der Waals surface area contributed by atoms with Crippen LogP contribution in [0.2, 0.25) is 0 Å². The average molecular weight is 278 g/mol. The van der Waals surface area contributed by atoms with E-state index < -0.39 is 5.97 Å². The third-order valence-electron chi connectivity index (χ3n) is 3.37. The maximum atomic E-state index is 12.2. The fraction of sp³-hybridized carbons (Fsp3) is 0. The van der Waals surface area contributed by atoms with E-state index in [0.29, 0.717) is 16.7 Å². The first-order valence-electron chi connectivity index (χ1n) is 6.31. The number of aromatic carboxylic acids is 1. The van der Waals surface area contributed by atoms with Crippen LogP contribution in [0.5, 0.6) is 0 Å². The molecule has 0 atom stereocenters. The molecule has 0 radical (unpaired) electrons. The molecule has 0 unspecified atom stereocenters. The van der Waals surface area contributed by atoms with Crippen molar-refractivity contribution < 1.29 is 19.5 Å². The lowest BCUT2D eigenvalue weighted by molar-refractivity contribution is 0.0696. The summed E-state index contributed by atoms with van der Waals surface area (Å²) in [6, 6.07) is 12.7. The lowest BCUT2D eigenvalue weighted by Gasteiger charge is -1.98. The van der Waals surface area contributed by atoms with Gasteiger partial charge in [0.25, 0.3) is 0 Å². The summed E-state index contributed by atoms with van der Waals surface area (Å²) in [4.78, 5) is 35.2. The average Bonchev–Trinajstić information content (AvgIpc) is 2.73. The topological polar surface area (TPSA) is 71.4 Å². The molecule has 0 saturated carbocycles. The van der Waals surface area contributed by atoms with E-state index in [2.05, 4.69) is 0 Å². The highest BCUT2D eigenvalue weighted by molar-refractivity contribution is 6.41. The highest BCUT2D eigenvalue weighted by Gasteiger charge is 2.32. The Kier molecular flexibility index (Phi) is 2.99. The van der Waals surface area contributed by atoms with Crippen LogP contribution in [0.3, 0.4) is 0 Å². The van der Waals surface area contributed by atoms with Crippen LogP contribution in [-0.2, 0) is 0 Å². The highest BCUT2D eigenvalue weighted by atomic mass is 16.4. The van der Waals surface area contributed by atoms with Crippen molar-refractivity contribution in [1.82, 2.24) is 0 Å². The second-order valence-electron chi connectivity index (χ2n) is 4.69. The summed E-state index contributed by atoms with van der Waals surface area (Å²) < 4.78 is 0. The van der Waals surface area contributed by atoms with Gasteiger partial charge in [0.05, 0.1) is 11.1 Å². The number of hydrogen-bond donors (Lipinski definition) is 1. The minimum atomic E-state index is -1.02. The van der Waals surface area contributed by atoms with Crippen LogP contribution in [0.25, 0.3) is 6.08 Å². The molecule has 0 spiro atoms. The predicted octanol–water partition coefficient (Wildman–Crippen LogP) is 2.85. The van der Waals surface area contributed by atoms with E-state index in [-0.39, 0.29) is 22.7 Å². The maximum Gasteiger partial charge on any atom is 0.335 e. The van der Waals surface area contributed by atoms with Gasteiger partial charge >= 0.3 is 5.97 Å². The van der Waals surface area contributed by atoms with Gasteiger partial charge < -0.3 is 5.11 Å². The van der Waals surface area contributed by atoms with Crippen molar-refractivity contribution in [3.05, 3.63) is 76.4 Å². The molecule has 4 heteroatoms. The molecule has 102 valence electrons. The Morgan fingerprint density at radius 3 is 1.86 bits per heavy atom. The lowest BCUT2D eigenvalue weighted by Crippen LogP contribution is -2.00. The van der Waals surface area contributed by atoms with Crippen molar-refractivity contribution in [3.63, 3.8) is 0 Å². The molecule has 0 bridgehead atoms. The van der Waals surface area contributed by atoms with Crippen molar-refractivity contribution in [1.29, 1.82) is 0 Å². The van der Waals surface area contributed by atoms with Crippen LogP contribution >= 0.6 is 0 Å². The van der Waals surface area contributed by atoms with Crippen LogP contribution < -0.4 is 0 Å². The molecule has 4 nitrogen and oxygen atoms in total. The highest BCUT2D eigenvalue weighted by Crippen LogP contribution is 2.27. The molecule has 1 aliphatic rings. The number of benzene rings is 2. The minimum Gasteiger partial charge on any atom is -0.478 e. The minimum absolute atomic E-state index is 0.110. The van der Waals surface area contributed by atoms with Gasteiger partial charge in [0, 0.05) is 11.1 Å². The summed E-state index contributed by atoms with van der Waals surface area (Å²) in [6.07, 6.45) is 1.50. The van der Waals surface area contributed by atoms with E-state index in [9.17, 15) is 14.4 Å². The number of hydrogen-bond acceptors (Lipinski definition) is 3. The molecule has 1 aliphatic carbocycles. The normalized spacial score (nSPS) is 13.2. The fourth-order valence-electron chi connectivity index (χ4n) is 2.29. The van der Waals surface area contributed by atoms with Gasteiger partial charge in [-0.1, -0.05) is 36.4 Å². The second kappa shape index (κ2) is 4.83. The number of Topliss-reactive ketones (excluding diaryl/α,β-unsaturated/α-hetero) is 2. The summed E-state index contributed by atoms with van der Waals surface area (Å²) in [7, 11) is 0. The number of ketones is 2. The number of allylic oxidation sites excluding steroid dienone is 1. The van der Waals surface area contributed by atoms with Gasteiger partial charge in [-0.25, -0.2) is 4.79 Å². The molecule has 0 aromatic heterocycles. The van der Waals surface area contributed by atoms with E-state index in [1.807, 2.05) is 0 Å². The van der Waals surface area contributed by atoms with Gasteiger partial charge in [-0.3, -0.25) is 9.59 Å². The molecule has 1 N–H and O–H groups in total. The van der Waals surface area contributed by atoms with Gasteiger partial charge in [-0.05, 0) is 23.8 Å². The zero-order chi connectivity index (χ0) is 15.0. The summed E-state index contributed by atoms with van der Waals surface area (Å²) in [5.74, 6) is -1.61. The van der Waals surface area contributed by atoms with Gasteiger partial charge in [-0.15, -0.1) is 0 Å². The molecular formula is C17H10O4. The Morgan fingerprint density at radius 1 is 0.857 bits per heavy atom. The molecule has 0 saturated heterocycles. The molecule has 0 aliphatic heterocycles. The molecule has 3 rings (SSSR count). The van der Waals surface area contributed by atoms with Crippen molar-refractivity contribution in [3.8, 4) is 0 Å². The maximum absolute atomic E-state index is 12.2. The summed E-state index contributed by atoms with van der Waals surface area (Å²) in [6.45, 7) is 0. The van der Waals surface area contributed by atoms with Gasteiger partial charge in [-0.2, -0.15) is 0 Å². The van der Waals surface area contributed by atoms with E-state index in [0.717, 1.165) is 0 Å². The molecule has 21 heavy (non-hydrogen) atoms. The Bertz CT molecular complexity index is 761. The third-order valence-corrected chi connectivity index (χ3v) is 3.37. The van der Waals surface area contributed by atoms with Crippen LogP contribution in [0, 0.1) is 0 Å². The van der Waals surface area contributed by atoms with E-state index in [1.54, 1.807) is 36.4 Å². The summed E-state index contributed by atoms with van der Waals surface area (Å²) in [5.41, 5.74) is 1.71. The first kappa shape index (κ1) is 13.0. The Labute approximate surface area is 120 Å². The van der Waals surface area contributed by atoms with Gasteiger partial charge in [0.1, 0.15) is 0 Å². The lowest BCUT2D eigenvalue weighted by atomic mass is 10.1. The van der Waals surface area contributed by atoms with E-state index in [1.165, 1.54) is 18.2 Å². The quantitative estimate of drug-likeness (QED) is 0.677. The van der Waals surface area contributed by atoms with Crippen LogP contribution in [0.15, 0.2) is 54.1 Å². The molecular weight excluding hydrogens is 268 g/mol. The zero-order valence-electron chi connectivity index (χ0n) is 10.9. The van der Waals surface area contributed by atoms with Gasteiger partial charge in [0.2, 0.25) is 0 Å². The zero-order valence-corrected chi connectivity index (χ0v) is 10.9. The first-order chi connectivity index (χ1) is 10.1. The molecule has 2 aromatic rings. The Hall–Kier alpha value is -3.01. The third kappa shape index (κ3) is 2.17. The first-order valence-corrected chi connectivity index (χ1v) is 6.31. The molecule has 2 aromatic carbocycles.